The van der Waals surface area contributed by atoms with E-state index in [1.165, 1.54) is 11.3 Å². The molecule has 0 aliphatic heterocycles. The Morgan fingerprint density at radius 1 is 1.47 bits per heavy atom. The maximum absolute atomic E-state index is 11.2. The van der Waals surface area contributed by atoms with Crippen molar-refractivity contribution in [2.75, 3.05) is 5.73 Å². The first-order valence-corrected chi connectivity index (χ1v) is 7.06. The number of rotatable bonds is 3. The van der Waals surface area contributed by atoms with Crippen LogP contribution in [-0.2, 0) is 6.42 Å². The van der Waals surface area contributed by atoms with E-state index in [1.807, 2.05) is 26.0 Å². The number of anilines is 1. The minimum Gasteiger partial charge on any atom is -0.477 e. The molecular weight excluding hydrogens is 282 g/mol. The van der Waals surface area contributed by atoms with Crippen LogP contribution in [0.25, 0.3) is 10.4 Å². The molecule has 100 valence electrons. The molecule has 0 saturated carbocycles. The summed E-state index contributed by atoms with van der Waals surface area (Å²) in [6.45, 7) is 3.93. The largest absolute Gasteiger partial charge is 0.477 e. The lowest BCUT2D eigenvalue weighted by Crippen LogP contribution is -1.99. The molecule has 1 aromatic heterocycles. The van der Waals surface area contributed by atoms with Gasteiger partial charge in [-0.1, -0.05) is 24.6 Å². The molecule has 0 bridgehead atoms. The van der Waals surface area contributed by atoms with Crippen molar-refractivity contribution in [2.24, 2.45) is 0 Å². The van der Waals surface area contributed by atoms with E-state index >= 15 is 0 Å². The fourth-order valence-corrected chi connectivity index (χ4v) is 3.55. The van der Waals surface area contributed by atoms with Crippen LogP contribution in [0.3, 0.4) is 0 Å². The summed E-state index contributed by atoms with van der Waals surface area (Å²) in [6.07, 6.45) is 0.701. The van der Waals surface area contributed by atoms with Crippen LogP contribution < -0.4 is 5.73 Å². The van der Waals surface area contributed by atoms with E-state index in [0.717, 1.165) is 21.6 Å². The molecule has 2 rings (SSSR count). The molecule has 0 atom stereocenters. The van der Waals surface area contributed by atoms with Crippen LogP contribution in [0.15, 0.2) is 18.2 Å². The number of nitrogens with two attached hydrogens (primary N) is 1. The Morgan fingerprint density at radius 3 is 2.68 bits per heavy atom. The Labute approximate surface area is 120 Å². The smallest absolute Gasteiger partial charge is 0.348 e. The van der Waals surface area contributed by atoms with Crippen molar-refractivity contribution >= 4 is 34.6 Å². The van der Waals surface area contributed by atoms with Crippen LogP contribution >= 0.6 is 22.9 Å². The number of carbonyl (C=O) groups is 1. The molecule has 19 heavy (non-hydrogen) atoms. The lowest BCUT2D eigenvalue weighted by atomic mass is 10.0. The summed E-state index contributed by atoms with van der Waals surface area (Å²) in [5, 5.41) is 9.84. The second-order valence-electron chi connectivity index (χ2n) is 4.27. The van der Waals surface area contributed by atoms with Crippen LogP contribution in [0.2, 0.25) is 5.02 Å². The monoisotopic (exact) mass is 295 g/mol. The van der Waals surface area contributed by atoms with Gasteiger partial charge in [0.25, 0.3) is 0 Å². The summed E-state index contributed by atoms with van der Waals surface area (Å²) in [5.41, 5.74) is 9.22. The molecule has 0 unspecified atom stereocenters. The van der Waals surface area contributed by atoms with Gasteiger partial charge in [-0.25, -0.2) is 4.79 Å². The molecule has 0 aliphatic carbocycles. The van der Waals surface area contributed by atoms with Crippen LogP contribution in [-0.4, -0.2) is 11.1 Å². The average molecular weight is 296 g/mol. The molecule has 0 aliphatic rings. The fraction of sp³-hybridized carbons (Fsp3) is 0.214. The van der Waals surface area contributed by atoms with Crippen molar-refractivity contribution in [3.05, 3.63) is 39.2 Å². The first-order chi connectivity index (χ1) is 8.95. The van der Waals surface area contributed by atoms with Crippen LogP contribution in [0, 0.1) is 6.92 Å². The van der Waals surface area contributed by atoms with Crippen molar-refractivity contribution in [3.63, 3.8) is 0 Å². The number of aromatic carboxylic acids is 1. The Hall–Kier alpha value is -1.52. The number of carboxylic acids is 1. The van der Waals surface area contributed by atoms with Crippen molar-refractivity contribution in [1.29, 1.82) is 0 Å². The third-order valence-electron chi connectivity index (χ3n) is 3.03. The molecule has 0 amide bonds. The summed E-state index contributed by atoms with van der Waals surface area (Å²) in [4.78, 5) is 12.3. The maximum Gasteiger partial charge on any atom is 0.348 e. The van der Waals surface area contributed by atoms with E-state index in [1.54, 1.807) is 6.07 Å². The second-order valence-corrected chi connectivity index (χ2v) is 5.73. The van der Waals surface area contributed by atoms with E-state index in [2.05, 4.69) is 0 Å². The zero-order chi connectivity index (χ0) is 14.2. The van der Waals surface area contributed by atoms with Crippen LogP contribution in [0.4, 0.5) is 5.69 Å². The summed E-state index contributed by atoms with van der Waals surface area (Å²) >= 11 is 7.17. The number of aryl methyl sites for hydroxylation is 1. The van der Waals surface area contributed by atoms with Gasteiger partial charge in [-0.3, -0.25) is 0 Å². The molecule has 0 radical (unpaired) electrons. The Bertz CT molecular complexity index is 649. The molecule has 0 saturated heterocycles. The summed E-state index contributed by atoms with van der Waals surface area (Å²) in [5.74, 6) is -0.977. The summed E-state index contributed by atoms with van der Waals surface area (Å²) < 4.78 is 0. The lowest BCUT2D eigenvalue weighted by Gasteiger charge is -2.07. The number of thiophene rings is 1. The normalized spacial score (nSPS) is 10.7. The van der Waals surface area contributed by atoms with Gasteiger partial charge in [0.15, 0.2) is 0 Å². The number of hydrogen-bond donors (Lipinski definition) is 2. The van der Waals surface area contributed by atoms with Crippen LogP contribution in [0.5, 0.6) is 0 Å². The van der Waals surface area contributed by atoms with Gasteiger partial charge in [-0.05, 0) is 42.2 Å². The van der Waals surface area contributed by atoms with E-state index in [0.29, 0.717) is 17.1 Å². The summed E-state index contributed by atoms with van der Waals surface area (Å²) in [6, 6.07) is 5.58. The Kier molecular flexibility index (Phi) is 3.83. The Balaban J connectivity index is 2.68. The van der Waals surface area contributed by atoms with Gasteiger partial charge in [0, 0.05) is 9.90 Å². The zero-order valence-electron chi connectivity index (χ0n) is 10.7. The van der Waals surface area contributed by atoms with Gasteiger partial charge < -0.3 is 10.8 Å². The van der Waals surface area contributed by atoms with Gasteiger partial charge >= 0.3 is 5.97 Å². The quantitative estimate of drug-likeness (QED) is 0.891. The fourth-order valence-electron chi connectivity index (χ4n) is 2.09. The lowest BCUT2D eigenvalue weighted by molar-refractivity contribution is 0.0703. The average Bonchev–Trinajstić information content (AvgIpc) is 2.66. The highest BCUT2D eigenvalue weighted by Gasteiger charge is 2.21. The molecule has 3 nitrogen and oxygen atoms in total. The third kappa shape index (κ3) is 2.46. The number of carboxylic acid groups (broad SMARTS) is 1. The number of nitrogen functional groups attached to an aromatic ring is 1. The maximum atomic E-state index is 11.2. The third-order valence-corrected chi connectivity index (χ3v) is 4.53. The SMILES string of the molecule is CCc1c(-c2ccc(Cl)cc2C)sc(C(=O)O)c1N. The van der Waals surface area contributed by atoms with E-state index < -0.39 is 5.97 Å². The van der Waals surface area contributed by atoms with Gasteiger partial charge in [0.1, 0.15) is 4.88 Å². The Morgan fingerprint density at radius 2 is 2.16 bits per heavy atom. The number of halogens is 1. The molecule has 0 fully saturated rings. The molecular formula is C14H14ClNO2S. The van der Waals surface area contributed by atoms with E-state index in [-0.39, 0.29) is 4.88 Å². The molecule has 3 N–H and O–H groups in total. The highest BCUT2D eigenvalue weighted by molar-refractivity contribution is 7.18. The first kappa shape index (κ1) is 13.9. The van der Waals surface area contributed by atoms with Crippen molar-refractivity contribution < 1.29 is 9.90 Å². The van der Waals surface area contributed by atoms with Crippen LogP contribution in [0.1, 0.15) is 27.7 Å². The molecule has 2 aromatic rings. The molecule has 1 heterocycles. The zero-order valence-corrected chi connectivity index (χ0v) is 12.2. The van der Waals surface area contributed by atoms with Gasteiger partial charge in [-0.2, -0.15) is 0 Å². The van der Waals surface area contributed by atoms with Crippen molar-refractivity contribution in [3.8, 4) is 10.4 Å². The minimum absolute atomic E-state index is 0.209. The van der Waals surface area contributed by atoms with Gasteiger partial charge in [-0.15, -0.1) is 11.3 Å². The second kappa shape index (κ2) is 5.23. The topological polar surface area (TPSA) is 63.3 Å². The van der Waals surface area contributed by atoms with Crippen molar-refractivity contribution in [1.82, 2.24) is 0 Å². The van der Waals surface area contributed by atoms with Gasteiger partial charge in [0.2, 0.25) is 0 Å². The first-order valence-electron chi connectivity index (χ1n) is 5.86. The predicted octanol–water partition coefficient (Wildman–Crippen LogP) is 4.22. The molecule has 5 heteroatoms. The summed E-state index contributed by atoms with van der Waals surface area (Å²) in [7, 11) is 0. The standard InChI is InChI=1S/C14H14ClNO2S/c1-3-9-11(16)13(14(17)18)19-12(9)10-5-4-8(15)6-7(10)2/h4-6H,3,16H2,1-2H3,(H,17,18). The van der Waals surface area contributed by atoms with E-state index in [9.17, 15) is 4.79 Å². The van der Waals surface area contributed by atoms with Crippen molar-refractivity contribution in [2.45, 2.75) is 20.3 Å². The molecule has 1 aromatic carbocycles. The highest BCUT2D eigenvalue weighted by Crippen LogP contribution is 2.40. The van der Waals surface area contributed by atoms with Gasteiger partial charge in [0.05, 0.1) is 5.69 Å². The highest BCUT2D eigenvalue weighted by atomic mass is 35.5. The minimum atomic E-state index is -0.977. The number of hydrogen-bond acceptors (Lipinski definition) is 3. The molecule has 0 spiro atoms. The van der Waals surface area contributed by atoms with E-state index in [4.69, 9.17) is 22.4 Å². The number of benzene rings is 1. The predicted molar refractivity (Wildman–Crippen MR) is 80.3 cm³/mol.